The molecule has 4 aliphatic heterocycles. The predicted octanol–water partition coefficient (Wildman–Crippen LogP) is 6.68. The molecule has 9 rings (SSSR count). The smallest absolute Gasteiger partial charge is 0.252 e. The molecule has 5 aromatic carbocycles. The van der Waals surface area contributed by atoms with E-state index in [0.29, 0.717) is 5.92 Å². The largest absolute Gasteiger partial charge is 0.342 e. The van der Waals surface area contributed by atoms with Crippen LogP contribution in [0.15, 0.2) is 97.1 Å². The van der Waals surface area contributed by atoms with E-state index in [9.17, 15) is 0 Å². The Bertz CT molecular complexity index is 1710. The van der Waals surface area contributed by atoms with E-state index in [1.165, 1.54) is 78.1 Å². The molecule has 0 N–H and O–H groups in total. The summed E-state index contributed by atoms with van der Waals surface area (Å²) >= 11 is 0. The van der Waals surface area contributed by atoms with Crippen molar-refractivity contribution in [1.82, 2.24) is 0 Å². The van der Waals surface area contributed by atoms with Gasteiger partial charge >= 0.3 is 0 Å². The summed E-state index contributed by atoms with van der Waals surface area (Å²) in [6, 6.07) is 36.7. The van der Waals surface area contributed by atoms with Crippen LogP contribution in [0.1, 0.15) is 36.5 Å². The zero-order valence-corrected chi connectivity index (χ0v) is 23.1. The average molecular weight is 514 g/mol. The molecule has 0 spiro atoms. The van der Waals surface area contributed by atoms with E-state index in [0.717, 1.165) is 25.9 Å². The van der Waals surface area contributed by atoms with Crippen molar-refractivity contribution in [3.63, 3.8) is 0 Å². The van der Waals surface area contributed by atoms with Crippen LogP contribution < -0.4 is 26.2 Å². The van der Waals surface area contributed by atoms with Gasteiger partial charge in [-0.1, -0.05) is 98.8 Å². The van der Waals surface area contributed by atoms with Crippen LogP contribution in [0.2, 0.25) is 0 Å². The van der Waals surface area contributed by atoms with E-state index in [4.69, 9.17) is 0 Å². The zero-order valence-electron chi connectivity index (χ0n) is 23.1. The van der Waals surface area contributed by atoms with Gasteiger partial charge in [-0.3, -0.25) is 0 Å². The average Bonchev–Trinajstić information content (AvgIpc) is 3.65. The molecule has 3 heteroatoms. The van der Waals surface area contributed by atoms with Crippen molar-refractivity contribution in [2.45, 2.75) is 32.6 Å². The molecular formula is C37H31BN2. The van der Waals surface area contributed by atoms with E-state index in [1.54, 1.807) is 0 Å². The summed E-state index contributed by atoms with van der Waals surface area (Å²) in [6.07, 6.45) is 2.19. The zero-order chi connectivity index (χ0) is 26.5. The van der Waals surface area contributed by atoms with E-state index in [-0.39, 0.29) is 6.71 Å². The van der Waals surface area contributed by atoms with E-state index >= 15 is 0 Å². The fourth-order valence-corrected chi connectivity index (χ4v) is 8.05. The lowest BCUT2D eigenvalue weighted by molar-refractivity contribution is 0.863. The lowest BCUT2D eigenvalue weighted by atomic mass is 9.33. The van der Waals surface area contributed by atoms with Crippen LogP contribution in [0.25, 0.3) is 22.3 Å². The number of hydrogen-bond acceptors (Lipinski definition) is 2. The van der Waals surface area contributed by atoms with Gasteiger partial charge in [0.05, 0.1) is 0 Å². The highest BCUT2D eigenvalue weighted by Crippen LogP contribution is 2.48. The van der Waals surface area contributed by atoms with Gasteiger partial charge in [0.2, 0.25) is 0 Å². The minimum Gasteiger partial charge on any atom is -0.342 e. The van der Waals surface area contributed by atoms with Gasteiger partial charge in [0, 0.05) is 35.8 Å². The third kappa shape index (κ3) is 2.90. The molecule has 5 aromatic rings. The van der Waals surface area contributed by atoms with E-state index in [1.807, 2.05) is 0 Å². The second-order valence-corrected chi connectivity index (χ2v) is 12.2. The molecule has 0 aliphatic carbocycles. The molecule has 0 bridgehead atoms. The van der Waals surface area contributed by atoms with Gasteiger partial charge in [0.15, 0.2) is 0 Å². The maximum atomic E-state index is 2.67. The standard InChI is InChI=1S/C37H31BN2/c1-23(2)26-21-33-35-34(22-26)40-20-18-30-28(25-11-7-4-8-12-25)14-16-32(37(30)40)38(35)31-15-13-27(24-9-5-3-6-10-24)29-17-19-39(33)36(29)31/h3-16,21-23H,17-20H2,1-2H3. The molecule has 0 unspecified atom stereocenters. The molecule has 0 radical (unpaired) electrons. The van der Waals surface area contributed by atoms with Crippen molar-refractivity contribution in [2.24, 2.45) is 0 Å². The van der Waals surface area contributed by atoms with Crippen molar-refractivity contribution in [2.75, 3.05) is 22.9 Å². The summed E-state index contributed by atoms with van der Waals surface area (Å²) in [7, 11) is 0. The van der Waals surface area contributed by atoms with Crippen LogP contribution in [-0.2, 0) is 12.8 Å². The van der Waals surface area contributed by atoms with Crippen LogP contribution in [0, 0.1) is 0 Å². The van der Waals surface area contributed by atoms with Gasteiger partial charge in [0.1, 0.15) is 0 Å². The molecule has 0 atom stereocenters. The van der Waals surface area contributed by atoms with Crippen LogP contribution >= 0.6 is 0 Å². The predicted molar refractivity (Wildman–Crippen MR) is 170 cm³/mol. The molecule has 4 heterocycles. The molecular weight excluding hydrogens is 483 g/mol. The first-order chi connectivity index (χ1) is 19.7. The van der Waals surface area contributed by atoms with Crippen molar-refractivity contribution >= 4 is 45.9 Å². The fourth-order valence-electron chi connectivity index (χ4n) is 8.05. The maximum Gasteiger partial charge on any atom is 0.252 e. The lowest BCUT2D eigenvalue weighted by Gasteiger charge is -2.42. The van der Waals surface area contributed by atoms with Gasteiger partial charge < -0.3 is 9.80 Å². The van der Waals surface area contributed by atoms with Gasteiger partial charge in [0.25, 0.3) is 6.71 Å². The summed E-state index contributed by atoms with van der Waals surface area (Å²) in [5.41, 5.74) is 20.2. The number of hydrogen-bond donors (Lipinski definition) is 0. The number of benzene rings is 5. The first-order valence-corrected chi connectivity index (χ1v) is 14.8. The first kappa shape index (κ1) is 22.6. The monoisotopic (exact) mass is 514 g/mol. The third-order valence-corrected chi connectivity index (χ3v) is 9.83. The molecule has 4 aliphatic rings. The molecule has 0 saturated carbocycles. The number of anilines is 4. The Morgan fingerprint density at radius 1 is 0.600 bits per heavy atom. The minimum atomic E-state index is 0.270. The van der Waals surface area contributed by atoms with Gasteiger partial charge in [-0.25, -0.2) is 0 Å². The molecule has 2 nitrogen and oxygen atoms in total. The Morgan fingerprint density at radius 3 is 1.52 bits per heavy atom. The Morgan fingerprint density at radius 2 is 1.07 bits per heavy atom. The fraction of sp³-hybridized carbons (Fsp3) is 0.189. The summed E-state index contributed by atoms with van der Waals surface area (Å²) in [4.78, 5) is 5.33. The Hall–Kier alpha value is -4.24. The van der Waals surface area contributed by atoms with Crippen molar-refractivity contribution in [3.05, 3.63) is 114 Å². The van der Waals surface area contributed by atoms with E-state index < -0.39 is 0 Å². The lowest BCUT2D eigenvalue weighted by Crippen LogP contribution is -2.61. The number of nitrogens with zero attached hydrogens (tertiary/aromatic N) is 2. The summed E-state index contributed by atoms with van der Waals surface area (Å²) in [5, 5.41) is 0. The summed E-state index contributed by atoms with van der Waals surface area (Å²) in [5.74, 6) is 0.484. The second-order valence-electron chi connectivity index (χ2n) is 12.2. The highest BCUT2D eigenvalue weighted by Gasteiger charge is 2.47. The minimum absolute atomic E-state index is 0.270. The Kier molecular flexibility index (Phi) is 4.59. The number of fused-ring (bicyclic) bond motifs is 4. The molecule has 0 fully saturated rings. The molecule has 0 amide bonds. The van der Waals surface area contributed by atoms with E-state index in [2.05, 4.69) is 121 Å². The van der Waals surface area contributed by atoms with Gasteiger partial charge in [-0.15, -0.1) is 0 Å². The Balaban J connectivity index is 1.34. The molecule has 40 heavy (non-hydrogen) atoms. The molecule has 0 saturated heterocycles. The van der Waals surface area contributed by atoms with Crippen LogP contribution in [0.5, 0.6) is 0 Å². The van der Waals surface area contributed by atoms with Crippen molar-refractivity contribution in [3.8, 4) is 22.3 Å². The normalized spacial score (nSPS) is 15.4. The Labute approximate surface area is 237 Å². The highest BCUT2D eigenvalue weighted by molar-refractivity contribution is 7.00. The summed E-state index contributed by atoms with van der Waals surface area (Å²) < 4.78 is 0. The van der Waals surface area contributed by atoms with Crippen LogP contribution in [0.4, 0.5) is 22.7 Å². The second kappa shape index (κ2) is 8.14. The topological polar surface area (TPSA) is 6.48 Å². The van der Waals surface area contributed by atoms with Crippen LogP contribution in [-0.4, -0.2) is 19.8 Å². The molecule has 192 valence electrons. The van der Waals surface area contributed by atoms with Crippen molar-refractivity contribution < 1.29 is 0 Å². The van der Waals surface area contributed by atoms with Crippen LogP contribution in [0.3, 0.4) is 0 Å². The van der Waals surface area contributed by atoms with Crippen molar-refractivity contribution in [1.29, 1.82) is 0 Å². The highest BCUT2D eigenvalue weighted by atomic mass is 15.2. The van der Waals surface area contributed by atoms with Gasteiger partial charge in [-0.05, 0) is 86.2 Å². The molecule has 0 aromatic heterocycles. The van der Waals surface area contributed by atoms with Gasteiger partial charge in [-0.2, -0.15) is 0 Å². The maximum absolute atomic E-state index is 2.67. The quantitative estimate of drug-likeness (QED) is 0.248. The number of rotatable bonds is 3. The summed E-state index contributed by atoms with van der Waals surface area (Å²) in [6.45, 7) is 7.05. The SMILES string of the molecule is CC(C)c1cc2c3c(c1)N1CCc4c(-c5ccccc5)ccc(c41)B3c1ccc(-c3ccccc3)c3c1N2CC3. The third-order valence-electron chi connectivity index (χ3n) is 9.83. The first-order valence-electron chi connectivity index (χ1n) is 14.8.